The summed E-state index contributed by atoms with van der Waals surface area (Å²) < 4.78 is 5.79. The van der Waals surface area contributed by atoms with E-state index in [2.05, 4.69) is 16.3 Å². The van der Waals surface area contributed by atoms with Crippen LogP contribution in [0, 0.1) is 0 Å². The SMILES string of the molecule is O=C(CCc1ccc2ccccc2c1)C(=O)NC(CN1CCC1)C(O)c1ccc(OC2CC2)c(Cl)c1. The van der Waals surface area contributed by atoms with Crippen LogP contribution in [-0.2, 0) is 16.0 Å². The smallest absolute Gasteiger partial charge is 0.287 e. The molecule has 6 nitrogen and oxygen atoms in total. The number of amides is 1. The molecule has 0 spiro atoms. The number of rotatable bonds is 11. The van der Waals surface area contributed by atoms with Crippen molar-refractivity contribution in [1.82, 2.24) is 10.2 Å². The van der Waals surface area contributed by atoms with Crippen molar-refractivity contribution < 1.29 is 19.4 Å². The van der Waals surface area contributed by atoms with Crippen molar-refractivity contribution in [3.63, 3.8) is 0 Å². The summed E-state index contributed by atoms with van der Waals surface area (Å²) in [7, 11) is 0. The van der Waals surface area contributed by atoms with Gasteiger partial charge >= 0.3 is 0 Å². The lowest BCUT2D eigenvalue weighted by molar-refractivity contribution is -0.139. The number of carbonyl (C=O) groups is 2. The summed E-state index contributed by atoms with van der Waals surface area (Å²) in [4.78, 5) is 27.7. The first-order valence-electron chi connectivity index (χ1n) is 12.6. The number of ketones is 1. The lowest BCUT2D eigenvalue weighted by Crippen LogP contribution is -2.52. The molecule has 1 aliphatic carbocycles. The normalized spacial score (nSPS) is 17.3. The van der Waals surface area contributed by atoms with E-state index in [1.165, 1.54) is 0 Å². The van der Waals surface area contributed by atoms with Gasteiger partial charge in [-0.2, -0.15) is 0 Å². The highest BCUT2D eigenvalue weighted by Crippen LogP contribution is 2.34. The second-order valence-electron chi connectivity index (χ2n) is 9.79. The average molecular weight is 507 g/mol. The summed E-state index contributed by atoms with van der Waals surface area (Å²) in [5, 5.41) is 16.6. The van der Waals surface area contributed by atoms with Crippen LogP contribution in [0.3, 0.4) is 0 Å². The Morgan fingerprint density at radius 1 is 1.06 bits per heavy atom. The van der Waals surface area contributed by atoms with E-state index in [0.717, 1.165) is 48.7 Å². The van der Waals surface area contributed by atoms with E-state index in [1.54, 1.807) is 18.2 Å². The van der Waals surface area contributed by atoms with E-state index >= 15 is 0 Å². The number of aliphatic hydroxyl groups excluding tert-OH is 1. The van der Waals surface area contributed by atoms with Gasteiger partial charge in [0.25, 0.3) is 5.91 Å². The van der Waals surface area contributed by atoms with Gasteiger partial charge in [0.2, 0.25) is 5.78 Å². The Morgan fingerprint density at radius 2 is 1.83 bits per heavy atom. The van der Waals surface area contributed by atoms with Crippen LogP contribution < -0.4 is 10.1 Å². The molecular formula is C29H31ClN2O4. The van der Waals surface area contributed by atoms with Gasteiger partial charge in [0.05, 0.1) is 17.2 Å². The molecule has 2 atom stereocenters. The molecule has 1 aliphatic heterocycles. The van der Waals surface area contributed by atoms with Gasteiger partial charge in [0, 0.05) is 13.0 Å². The fourth-order valence-electron chi connectivity index (χ4n) is 4.48. The molecule has 1 saturated carbocycles. The van der Waals surface area contributed by atoms with Gasteiger partial charge in [0.15, 0.2) is 0 Å². The van der Waals surface area contributed by atoms with Gasteiger partial charge in [-0.1, -0.05) is 60.1 Å². The van der Waals surface area contributed by atoms with E-state index in [0.29, 0.717) is 29.3 Å². The number of carbonyl (C=O) groups excluding carboxylic acids is 2. The highest BCUT2D eigenvalue weighted by Gasteiger charge is 2.30. The number of aryl methyl sites for hydroxylation is 1. The molecule has 2 fully saturated rings. The van der Waals surface area contributed by atoms with Crippen molar-refractivity contribution >= 4 is 34.1 Å². The summed E-state index contributed by atoms with van der Waals surface area (Å²) in [6.45, 7) is 2.27. The Morgan fingerprint density at radius 3 is 2.53 bits per heavy atom. The number of likely N-dealkylation sites (tertiary alicyclic amines) is 1. The molecule has 188 valence electrons. The largest absolute Gasteiger partial charge is 0.489 e. The third-order valence-electron chi connectivity index (χ3n) is 6.92. The van der Waals surface area contributed by atoms with Gasteiger partial charge in [-0.05, 0) is 72.8 Å². The number of benzene rings is 3. The number of hydrogen-bond acceptors (Lipinski definition) is 5. The Balaban J connectivity index is 1.22. The Kier molecular flexibility index (Phi) is 7.56. The molecule has 2 unspecified atom stereocenters. The van der Waals surface area contributed by atoms with Crippen molar-refractivity contribution in [3.05, 3.63) is 76.8 Å². The molecule has 5 rings (SSSR count). The van der Waals surface area contributed by atoms with E-state index in [1.807, 2.05) is 36.4 Å². The molecule has 3 aromatic rings. The second kappa shape index (κ2) is 11.0. The standard InChI is InChI=1S/C29H31ClN2O4/c30-24-17-22(9-13-27(24)36-23-10-11-23)28(34)25(18-32-14-3-15-32)31-29(35)26(33)12-7-19-6-8-20-4-1-2-5-21(20)16-19/h1-2,4-6,8-9,13,16-17,23,25,28,34H,3,7,10-12,14-15,18H2,(H,31,35). The highest BCUT2D eigenvalue weighted by atomic mass is 35.5. The number of Topliss-reactive ketones (excluding diaryl/α,β-unsaturated/α-hetero) is 1. The van der Waals surface area contributed by atoms with E-state index < -0.39 is 23.8 Å². The maximum absolute atomic E-state index is 12.8. The number of nitrogens with zero attached hydrogens (tertiary/aromatic N) is 1. The molecule has 0 radical (unpaired) electrons. The zero-order valence-electron chi connectivity index (χ0n) is 20.2. The molecule has 0 bridgehead atoms. The number of hydrogen-bond donors (Lipinski definition) is 2. The average Bonchev–Trinajstić information content (AvgIpc) is 3.68. The maximum atomic E-state index is 12.8. The molecule has 1 saturated heterocycles. The number of ether oxygens (including phenoxy) is 1. The van der Waals surface area contributed by atoms with Crippen LogP contribution in [0.25, 0.3) is 10.8 Å². The lowest BCUT2D eigenvalue weighted by atomic mass is 9.99. The maximum Gasteiger partial charge on any atom is 0.287 e. The van der Waals surface area contributed by atoms with Crippen LogP contribution >= 0.6 is 11.6 Å². The fourth-order valence-corrected chi connectivity index (χ4v) is 4.71. The first kappa shape index (κ1) is 24.8. The minimum Gasteiger partial charge on any atom is -0.489 e. The van der Waals surface area contributed by atoms with Gasteiger partial charge in [-0.3, -0.25) is 9.59 Å². The van der Waals surface area contributed by atoms with Crippen molar-refractivity contribution in [2.24, 2.45) is 0 Å². The highest BCUT2D eigenvalue weighted by molar-refractivity contribution is 6.36. The molecule has 0 aromatic heterocycles. The van der Waals surface area contributed by atoms with E-state index in [-0.39, 0.29) is 12.5 Å². The zero-order valence-corrected chi connectivity index (χ0v) is 20.9. The molecule has 3 aromatic carbocycles. The number of fused-ring (bicyclic) bond motifs is 1. The van der Waals surface area contributed by atoms with Crippen molar-refractivity contribution in [2.75, 3.05) is 19.6 Å². The summed E-state index contributed by atoms with van der Waals surface area (Å²) in [5.41, 5.74) is 1.59. The van der Waals surface area contributed by atoms with E-state index in [4.69, 9.17) is 16.3 Å². The third kappa shape index (κ3) is 6.06. The van der Waals surface area contributed by atoms with Crippen LogP contribution in [0.2, 0.25) is 5.02 Å². The van der Waals surface area contributed by atoms with Crippen LogP contribution in [-0.4, -0.2) is 53.5 Å². The minimum absolute atomic E-state index is 0.107. The third-order valence-corrected chi connectivity index (χ3v) is 7.22. The van der Waals surface area contributed by atoms with Gasteiger partial charge in [-0.15, -0.1) is 0 Å². The summed E-state index contributed by atoms with van der Waals surface area (Å²) in [5.74, 6) is -0.558. The first-order valence-corrected chi connectivity index (χ1v) is 13.0. The number of halogens is 1. The van der Waals surface area contributed by atoms with Crippen LogP contribution in [0.5, 0.6) is 5.75 Å². The molecule has 7 heteroatoms. The van der Waals surface area contributed by atoms with Crippen molar-refractivity contribution in [2.45, 2.75) is 50.4 Å². The fraction of sp³-hybridized carbons (Fsp3) is 0.379. The van der Waals surface area contributed by atoms with Gasteiger partial charge in [0.1, 0.15) is 11.9 Å². The number of nitrogens with one attached hydrogen (secondary N) is 1. The molecule has 2 N–H and O–H groups in total. The predicted octanol–water partition coefficient (Wildman–Crippen LogP) is 4.46. The minimum atomic E-state index is -1.00. The Hall–Kier alpha value is -2.93. The van der Waals surface area contributed by atoms with Crippen LogP contribution in [0.1, 0.15) is 42.9 Å². The summed E-state index contributed by atoms with van der Waals surface area (Å²) >= 11 is 6.40. The van der Waals surface area contributed by atoms with Crippen LogP contribution in [0.15, 0.2) is 60.7 Å². The lowest BCUT2D eigenvalue weighted by Gasteiger charge is -2.36. The Labute approximate surface area is 216 Å². The van der Waals surface area contributed by atoms with Crippen molar-refractivity contribution in [1.29, 1.82) is 0 Å². The number of aliphatic hydroxyl groups is 1. The monoisotopic (exact) mass is 506 g/mol. The molecule has 1 heterocycles. The summed E-state index contributed by atoms with van der Waals surface area (Å²) in [6, 6.07) is 18.7. The van der Waals surface area contributed by atoms with Gasteiger partial charge in [-0.25, -0.2) is 0 Å². The van der Waals surface area contributed by atoms with Crippen LogP contribution in [0.4, 0.5) is 0 Å². The second-order valence-corrected chi connectivity index (χ2v) is 10.2. The first-order chi connectivity index (χ1) is 17.5. The quantitative estimate of drug-likeness (QED) is 0.375. The summed E-state index contributed by atoms with van der Waals surface area (Å²) in [6.07, 6.45) is 2.94. The molecule has 36 heavy (non-hydrogen) atoms. The predicted molar refractivity (Wildman–Crippen MR) is 140 cm³/mol. The van der Waals surface area contributed by atoms with E-state index in [9.17, 15) is 14.7 Å². The topological polar surface area (TPSA) is 78.9 Å². The molecular weight excluding hydrogens is 476 g/mol. The van der Waals surface area contributed by atoms with Crippen molar-refractivity contribution in [3.8, 4) is 5.75 Å². The molecule has 2 aliphatic rings. The molecule has 1 amide bonds. The Bertz CT molecular complexity index is 1260. The van der Waals surface area contributed by atoms with Gasteiger partial charge < -0.3 is 20.1 Å². The zero-order chi connectivity index (χ0) is 25.1.